The van der Waals surface area contributed by atoms with E-state index in [0.29, 0.717) is 6.42 Å². The topological polar surface area (TPSA) is 74.7 Å². The minimum absolute atomic E-state index is 0. The van der Waals surface area contributed by atoms with Gasteiger partial charge in [0.1, 0.15) is 0 Å². The molecule has 0 unspecified atom stereocenters. The van der Waals surface area contributed by atoms with Crippen LogP contribution >= 0.6 is 0 Å². The average molecular weight is 373 g/mol. The van der Waals surface area contributed by atoms with Crippen LogP contribution in [0.2, 0.25) is 0 Å². The molecule has 0 aliphatic rings. The monoisotopic (exact) mass is 372 g/mol. The normalized spacial score (nSPS) is 11.1. The third kappa shape index (κ3) is 18.7. The van der Waals surface area contributed by atoms with E-state index in [2.05, 4.69) is 6.92 Å². The molecule has 24 heavy (non-hydrogen) atoms. The smallest absolute Gasteiger partial charge is 0.266 e. The quantitative estimate of drug-likeness (QED) is 0.270. The van der Waals surface area contributed by atoms with Crippen molar-refractivity contribution in [1.29, 1.82) is 0 Å². The van der Waals surface area contributed by atoms with E-state index in [1.807, 2.05) is 0 Å². The molecule has 0 aliphatic heterocycles. The van der Waals surface area contributed by atoms with Gasteiger partial charge < -0.3 is 4.90 Å². The molecule has 7 heteroatoms. The van der Waals surface area contributed by atoms with Crippen molar-refractivity contribution < 1.29 is 17.8 Å². The van der Waals surface area contributed by atoms with Gasteiger partial charge in [0.05, 0.1) is 5.75 Å². The molecule has 139 valence electrons. The van der Waals surface area contributed by atoms with Crippen molar-refractivity contribution in [2.24, 2.45) is 0 Å². The van der Waals surface area contributed by atoms with Crippen LogP contribution in [0.3, 0.4) is 0 Å². The van der Waals surface area contributed by atoms with E-state index in [0.717, 1.165) is 19.3 Å². The van der Waals surface area contributed by atoms with Crippen LogP contribution in [0.5, 0.6) is 0 Å². The molecular weight excluding hydrogens is 337 g/mol. The Morgan fingerprint density at radius 2 is 1.29 bits per heavy atom. The minimum atomic E-state index is -3.99. The molecule has 1 amide bonds. The minimum Gasteiger partial charge on any atom is -0.345 e. The number of hydrogen-bond acceptors (Lipinski definition) is 3. The van der Waals surface area contributed by atoms with Crippen LogP contribution in [0.25, 0.3) is 0 Å². The maximum Gasteiger partial charge on any atom is 0.266 e. The van der Waals surface area contributed by atoms with Crippen molar-refractivity contribution in [3.05, 3.63) is 0 Å². The molecule has 0 aromatic carbocycles. The number of carbonyl (C=O) groups is 1. The zero-order chi connectivity index (χ0) is 17.6. The van der Waals surface area contributed by atoms with Crippen LogP contribution in [0.15, 0.2) is 0 Å². The first-order valence-corrected chi connectivity index (χ1v) is 10.7. The maximum atomic E-state index is 11.8. The number of carbonyl (C=O) groups excluding carboxylic acids is 1. The van der Waals surface area contributed by atoms with Gasteiger partial charge in [0, 0.05) is 49.6 Å². The Hall–Kier alpha value is 0.380. The molecule has 0 heterocycles. The Morgan fingerprint density at radius 1 is 0.875 bits per heavy atom. The third-order valence-electron chi connectivity index (χ3n) is 4.10. The van der Waals surface area contributed by atoms with Gasteiger partial charge >= 0.3 is 0 Å². The molecule has 0 fully saturated rings. The molecule has 0 aliphatic carbocycles. The summed E-state index contributed by atoms with van der Waals surface area (Å²) in [7, 11) is -2.42. The summed E-state index contributed by atoms with van der Waals surface area (Å²) in [5, 5.41) is 0. The van der Waals surface area contributed by atoms with E-state index >= 15 is 0 Å². The summed E-state index contributed by atoms with van der Waals surface area (Å²) >= 11 is 0. The largest absolute Gasteiger partial charge is 0.345 e. The molecule has 0 atom stereocenters. The first kappa shape index (κ1) is 26.6. The molecule has 0 spiro atoms. The van der Waals surface area contributed by atoms with Crippen molar-refractivity contribution in [3.8, 4) is 0 Å². The van der Waals surface area contributed by atoms with Gasteiger partial charge in [0.25, 0.3) is 10.1 Å². The van der Waals surface area contributed by atoms with E-state index in [4.69, 9.17) is 4.55 Å². The molecule has 0 saturated heterocycles. The van der Waals surface area contributed by atoms with Crippen LogP contribution in [-0.4, -0.2) is 72.7 Å². The predicted octanol–water partition coefficient (Wildman–Crippen LogP) is 3.65. The zero-order valence-corrected chi connectivity index (χ0v) is 18.7. The fourth-order valence-corrected chi connectivity index (χ4v) is 3.01. The molecule has 0 rings (SSSR count). The standard InChI is InChI=1S/C17H35NO4S.Na/c1-3-4-5-6-7-8-9-10-11-12-13-14-17(19)18(2)15-16-23(20,21)22;/h3-16H2,1-2H3,(H,20,21,22);. The van der Waals surface area contributed by atoms with Gasteiger partial charge in [0.2, 0.25) is 5.91 Å². The number of amides is 1. The van der Waals surface area contributed by atoms with Crippen molar-refractivity contribution in [2.45, 2.75) is 84.0 Å². The van der Waals surface area contributed by atoms with Crippen LogP contribution < -0.4 is 0 Å². The van der Waals surface area contributed by atoms with Gasteiger partial charge in [-0.1, -0.05) is 71.1 Å². The number of hydrogen-bond donors (Lipinski definition) is 1. The molecule has 0 bridgehead atoms. The number of unbranched alkanes of at least 4 members (excludes halogenated alkanes) is 10. The van der Waals surface area contributed by atoms with E-state index in [9.17, 15) is 13.2 Å². The SMILES string of the molecule is CCCCCCCCCCCCCC(=O)N(C)CCS(=O)(=O)O.[Na]. The van der Waals surface area contributed by atoms with Crippen LogP contribution in [0, 0.1) is 0 Å². The summed E-state index contributed by atoms with van der Waals surface area (Å²) in [6, 6.07) is 0. The van der Waals surface area contributed by atoms with E-state index in [-0.39, 0.29) is 42.0 Å². The summed E-state index contributed by atoms with van der Waals surface area (Å²) in [4.78, 5) is 13.1. The van der Waals surface area contributed by atoms with Gasteiger partial charge in [-0.2, -0.15) is 8.42 Å². The van der Waals surface area contributed by atoms with Gasteiger partial charge in [-0.25, -0.2) is 0 Å². The second-order valence-electron chi connectivity index (χ2n) is 6.39. The van der Waals surface area contributed by atoms with Crippen molar-refractivity contribution in [3.63, 3.8) is 0 Å². The molecule has 0 aromatic rings. The van der Waals surface area contributed by atoms with E-state index in [1.54, 1.807) is 7.05 Å². The van der Waals surface area contributed by atoms with E-state index in [1.165, 1.54) is 56.3 Å². The first-order valence-electron chi connectivity index (χ1n) is 9.06. The molecule has 5 nitrogen and oxygen atoms in total. The Kier molecular flexibility index (Phi) is 18.7. The van der Waals surface area contributed by atoms with Crippen LogP contribution in [-0.2, 0) is 14.9 Å². The van der Waals surface area contributed by atoms with Crippen molar-refractivity contribution in [2.75, 3.05) is 19.3 Å². The molecule has 1 N–H and O–H groups in total. The predicted molar refractivity (Wildman–Crippen MR) is 101 cm³/mol. The fraction of sp³-hybridized carbons (Fsp3) is 0.941. The average Bonchev–Trinajstić information content (AvgIpc) is 2.49. The zero-order valence-electron chi connectivity index (χ0n) is 15.9. The van der Waals surface area contributed by atoms with Crippen LogP contribution in [0.4, 0.5) is 0 Å². The summed E-state index contributed by atoms with van der Waals surface area (Å²) in [5.41, 5.74) is 0. The van der Waals surface area contributed by atoms with Crippen molar-refractivity contribution in [1.82, 2.24) is 4.90 Å². The maximum absolute atomic E-state index is 11.8. The summed E-state index contributed by atoms with van der Waals surface area (Å²) < 4.78 is 29.9. The van der Waals surface area contributed by atoms with Crippen molar-refractivity contribution >= 4 is 45.6 Å². The Morgan fingerprint density at radius 3 is 1.71 bits per heavy atom. The van der Waals surface area contributed by atoms with Gasteiger partial charge in [-0.15, -0.1) is 0 Å². The Labute approximate surface area is 171 Å². The number of rotatable bonds is 15. The van der Waals surface area contributed by atoms with Gasteiger partial charge in [-0.3, -0.25) is 9.35 Å². The molecule has 0 aromatic heterocycles. The third-order valence-corrected chi connectivity index (χ3v) is 4.80. The molecule has 1 radical (unpaired) electrons. The van der Waals surface area contributed by atoms with Gasteiger partial charge in [-0.05, 0) is 6.42 Å². The van der Waals surface area contributed by atoms with E-state index < -0.39 is 15.9 Å². The second-order valence-corrected chi connectivity index (χ2v) is 7.96. The summed E-state index contributed by atoms with van der Waals surface area (Å²) in [6.07, 6.45) is 14.1. The first-order chi connectivity index (χ1) is 10.9. The molecular formula is C17H35NNaO4S. The fourth-order valence-electron chi connectivity index (χ4n) is 2.51. The number of nitrogens with zero attached hydrogens (tertiary/aromatic N) is 1. The van der Waals surface area contributed by atoms with Gasteiger partial charge in [0.15, 0.2) is 0 Å². The summed E-state index contributed by atoms with van der Waals surface area (Å²) in [6.45, 7) is 2.28. The Balaban J connectivity index is 0. The van der Waals surface area contributed by atoms with Crippen LogP contribution in [0.1, 0.15) is 84.0 Å². The second kappa shape index (κ2) is 16.8. The summed E-state index contributed by atoms with van der Waals surface area (Å²) in [5.74, 6) is -0.447. The molecule has 0 saturated carbocycles. The Bertz CT molecular complexity index is 401.